The zero-order valence-corrected chi connectivity index (χ0v) is 22.9. The fourth-order valence-electron chi connectivity index (χ4n) is 5.73. The van der Waals surface area contributed by atoms with Crippen LogP contribution in [0.15, 0.2) is 47.4 Å². The Bertz CT molecular complexity index is 1600. The highest BCUT2D eigenvalue weighted by atomic mass is 35.5. The summed E-state index contributed by atoms with van der Waals surface area (Å²) in [7, 11) is 1.73. The van der Waals surface area contributed by atoms with Gasteiger partial charge in [-0.2, -0.15) is 0 Å². The van der Waals surface area contributed by atoms with Gasteiger partial charge in [-0.25, -0.2) is 0 Å². The summed E-state index contributed by atoms with van der Waals surface area (Å²) in [5.74, 6) is 0.881. The van der Waals surface area contributed by atoms with Gasteiger partial charge in [0.25, 0.3) is 11.5 Å². The van der Waals surface area contributed by atoms with Crippen LogP contribution in [0.5, 0.6) is 11.5 Å². The SMILES string of the molecule is Cc1cc(Oc2c(C)cc(Cl)cc2C)cc(-c2cn(C)c(=O)c3c2cc(C(N)=O)n3C2CCC(N)CC2)c1. The van der Waals surface area contributed by atoms with Gasteiger partial charge in [-0.15, -0.1) is 0 Å². The molecule has 1 amide bonds. The van der Waals surface area contributed by atoms with Crippen LogP contribution in [0.2, 0.25) is 5.02 Å². The average Bonchev–Trinajstić information content (AvgIpc) is 3.25. The number of carbonyl (C=O) groups excluding carboxylic acids is 1. The summed E-state index contributed by atoms with van der Waals surface area (Å²) < 4.78 is 9.80. The second-order valence-corrected chi connectivity index (χ2v) is 11.0. The number of halogens is 1. The van der Waals surface area contributed by atoms with E-state index in [4.69, 9.17) is 27.8 Å². The second kappa shape index (κ2) is 9.97. The van der Waals surface area contributed by atoms with Crippen molar-refractivity contribution in [1.29, 1.82) is 0 Å². The van der Waals surface area contributed by atoms with Crippen molar-refractivity contribution in [3.63, 3.8) is 0 Å². The minimum atomic E-state index is -0.550. The topological polar surface area (TPSA) is 105 Å². The number of benzene rings is 2. The van der Waals surface area contributed by atoms with Gasteiger partial charge < -0.3 is 25.3 Å². The summed E-state index contributed by atoms with van der Waals surface area (Å²) in [5, 5.41) is 1.37. The van der Waals surface area contributed by atoms with Gasteiger partial charge in [0, 0.05) is 41.3 Å². The number of rotatable bonds is 5. The van der Waals surface area contributed by atoms with Crippen LogP contribution < -0.4 is 21.8 Å². The first-order valence-corrected chi connectivity index (χ1v) is 13.3. The van der Waals surface area contributed by atoms with Crippen molar-refractivity contribution in [2.24, 2.45) is 18.5 Å². The zero-order valence-electron chi connectivity index (χ0n) is 22.2. The van der Waals surface area contributed by atoms with E-state index in [0.717, 1.165) is 59.3 Å². The molecule has 38 heavy (non-hydrogen) atoms. The first-order chi connectivity index (χ1) is 18.0. The highest BCUT2D eigenvalue weighted by Crippen LogP contribution is 2.38. The van der Waals surface area contributed by atoms with Crippen LogP contribution in [-0.2, 0) is 7.05 Å². The van der Waals surface area contributed by atoms with Gasteiger partial charge in [0.1, 0.15) is 22.7 Å². The lowest BCUT2D eigenvalue weighted by Crippen LogP contribution is -2.31. The molecule has 0 aliphatic heterocycles. The molecule has 2 heterocycles. The number of nitrogens with two attached hydrogens (primary N) is 2. The van der Waals surface area contributed by atoms with Crippen molar-refractivity contribution in [1.82, 2.24) is 9.13 Å². The lowest BCUT2D eigenvalue weighted by molar-refractivity contribution is 0.0988. The van der Waals surface area contributed by atoms with Crippen LogP contribution in [0, 0.1) is 20.8 Å². The Balaban J connectivity index is 1.69. The predicted octanol–water partition coefficient (Wildman–Crippen LogP) is 5.92. The molecule has 1 fully saturated rings. The molecule has 8 heteroatoms. The third kappa shape index (κ3) is 4.72. The third-order valence-corrected chi connectivity index (χ3v) is 7.76. The van der Waals surface area contributed by atoms with E-state index in [0.29, 0.717) is 27.4 Å². The summed E-state index contributed by atoms with van der Waals surface area (Å²) in [6, 6.07) is 11.6. The van der Waals surface area contributed by atoms with Crippen LogP contribution in [0.3, 0.4) is 0 Å². The molecule has 1 aliphatic carbocycles. The highest BCUT2D eigenvalue weighted by molar-refractivity contribution is 6.30. The van der Waals surface area contributed by atoms with Crippen LogP contribution in [0.1, 0.15) is 58.9 Å². The predicted molar refractivity (Wildman–Crippen MR) is 152 cm³/mol. The molecule has 0 radical (unpaired) electrons. The number of carbonyl (C=O) groups is 1. The number of primary amides is 1. The maximum Gasteiger partial charge on any atom is 0.274 e. The molecule has 0 bridgehead atoms. The van der Waals surface area contributed by atoms with E-state index in [-0.39, 0.29) is 17.6 Å². The summed E-state index contributed by atoms with van der Waals surface area (Å²) in [4.78, 5) is 26.1. The average molecular weight is 533 g/mol. The van der Waals surface area contributed by atoms with Gasteiger partial charge in [0.05, 0.1) is 0 Å². The summed E-state index contributed by atoms with van der Waals surface area (Å²) >= 11 is 6.21. The summed E-state index contributed by atoms with van der Waals surface area (Å²) in [6.07, 6.45) is 5.07. The Labute approximate surface area is 227 Å². The molecule has 2 aromatic heterocycles. The molecule has 1 aliphatic rings. The van der Waals surface area contributed by atoms with Gasteiger partial charge >= 0.3 is 0 Å². The maximum absolute atomic E-state index is 13.5. The maximum atomic E-state index is 13.5. The molecule has 198 valence electrons. The number of aryl methyl sites for hydroxylation is 4. The van der Waals surface area contributed by atoms with E-state index in [2.05, 4.69) is 6.07 Å². The van der Waals surface area contributed by atoms with Gasteiger partial charge in [-0.3, -0.25) is 9.59 Å². The Hall–Kier alpha value is -3.55. The third-order valence-electron chi connectivity index (χ3n) is 7.54. The van der Waals surface area contributed by atoms with E-state index < -0.39 is 5.91 Å². The number of ether oxygens (including phenoxy) is 1. The van der Waals surface area contributed by atoms with Crippen molar-refractivity contribution < 1.29 is 9.53 Å². The van der Waals surface area contributed by atoms with E-state index >= 15 is 0 Å². The summed E-state index contributed by atoms with van der Waals surface area (Å²) in [6.45, 7) is 5.93. The molecule has 7 nitrogen and oxygen atoms in total. The number of amides is 1. The standard InChI is InChI=1S/C30H33ClN4O3/c1-16-9-19(13-23(10-16)38-28-17(2)11-20(31)12-18(28)3)25-15-34(4)30(37)27-24(25)14-26(29(33)36)35(27)22-7-5-21(32)6-8-22/h9-15,21-22H,5-8,32H2,1-4H3,(H2,33,36). The highest BCUT2D eigenvalue weighted by Gasteiger charge is 2.28. The van der Waals surface area contributed by atoms with Crippen LogP contribution in [-0.4, -0.2) is 21.1 Å². The van der Waals surface area contributed by atoms with Gasteiger partial charge in [0.2, 0.25) is 0 Å². The van der Waals surface area contributed by atoms with Crippen molar-refractivity contribution in [3.8, 4) is 22.6 Å². The van der Waals surface area contributed by atoms with E-state index in [1.54, 1.807) is 17.7 Å². The van der Waals surface area contributed by atoms with Crippen molar-refractivity contribution >= 4 is 28.4 Å². The van der Waals surface area contributed by atoms with Crippen LogP contribution in [0.25, 0.3) is 22.0 Å². The van der Waals surface area contributed by atoms with Crippen molar-refractivity contribution in [2.45, 2.75) is 58.5 Å². The molecule has 0 atom stereocenters. The summed E-state index contributed by atoms with van der Waals surface area (Å²) in [5.41, 5.74) is 17.2. The Morgan fingerprint density at radius 1 is 1.00 bits per heavy atom. The quantitative estimate of drug-likeness (QED) is 0.333. The Kier molecular flexibility index (Phi) is 6.84. The largest absolute Gasteiger partial charge is 0.457 e. The first kappa shape index (κ1) is 26.1. The molecule has 0 unspecified atom stereocenters. The zero-order chi connectivity index (χ0) is 27.3. The number of nitrogens with zero attached hydrogens (tertiary/aromatic N) is 2. The minimum Gasteiger partial charge on any atom is -0.457 e. The van der Waals surface area contributed by atoms with Crippen LogP contribution in [0.4, 0.5) is 0 Å². The van der Waals surface area contributed by atoms with Gasteiger partial charge in [-0.1, -0.05) is 17.7 Å². The van der Waals surface area contributed by atoms with Crippen LogP contribution >= 0.6 is 11.6 Å². The fourth-order valence-corrected chi connectivity index (χ4v) is 6.06. The lowest BCUT2D eigenvalue weighted by atomic mass is 9.91. The molecule has 4 aromatic rings. The molecular weight excluding hydrogens is 500 g/mol. The van der Waals surface area contributed by atoms with Crippen molar-refractivity contribution in [2.75, 3.05) is 0 Å². The van der Waals surface area contributed by atoms with Crippen molar-refractivity contribution in [3.05, 3.63) is 80.4 Å². The molecule has 0 saturated heterocycles. The monoisotopic (exact) mass is 532 g/mol. The van der Waals surface area contributed by atoms with Gasteiger partial charge in [0.15, 0.2) is 0 Å². The number of hydrogen-bond donors (Lipinski definition) is 2. The van der Waals surface area contributed by atoms with E-state index in [1.807, 2.05) is 55.8 Å². The molecule has 5 rings (SSSR count). The fraction of sp³-hybridized carbons (Fsp3) is 0.333. The molecule has 1 saturated carbocycles. The number of aromatic nitrogens is 2. The lowest BCUT2D eigenvalue weighted by Gasteiger charge is -2.29. The minimum absolute atomic E-state index is 0.00925. The molecule has 2 aromatic carbocycles. The number of pyridine rings is 1. The number of hydrogen-bond acceptors (Lipinski definition) is 4. The van der Waals surface area contributed by atoms with E-state index in [9.17, 15) is 9.59 Å². The van der Waals surface area contributed by atoms with E-state index in [1.165, 1.54) is 0 Å². The normalized spacial score (nSPS) is 17.6. The Morgan fingerprint density at radius 2 is 1.66 bits per heavy atom. The molecular formula is C30H33ClN4O3. The first-order valence-electron chi connectivity index (χ1n) is 12.9. The molecule has 0 spiro atoms. The smallest absolute Gasteiger partial charge is 0.274 e. The van der Waals surface area contributed by atoms with Gasteiger partial charge in [-0.05, 0) is 99.0 Å². The second-order valence-electron chi connectivity index (χ2n) is 10.6. The molecule has 4 N–H and O–H groups in total. The number of fused-ring (bicyclic) bond motifs is 1. The Morgan fingerprint density at radius 3 is 2.29 bits per heavy atom.